The van der Waals surface area contributed by atoms with E-state index in [0.717, 1.165) is 19.4 Å². The number of hydrogen-bond acceptors (Lipinski definition) is 3. The van der Waals surface area contributed by atoms with Crippen molar-refractivity contribution in [2.45, 2.75) is 135 Å². The Morgan fingerprint density at radius 1 is 0.724 bits per heavy atom. The van der Waals surface area contributed by atoms with Gasteiger partial charge in [0, 0.05) is 6.61 Å². The summed E-state index contributed by atoms with van der Waals surface area (Å²) in [6, 6.07) is 0. The first-order chi connectivity index (χ1) is 14.4. The molecular weight excluding hydrogens is 475 g/mol. The molecule has 1 aliphatic rings. The van der Waals surface area contributed by atoms with Crippen molar-refractivity contribution in [2.75, 3.05) is 24.2 Å². The highest BCUT2D eigenvalue weighted by Gasteiger charge is 2.25. The van der Waals surface area contributed by atoms with E-state index >= 15 is 0 Å². The summed E-state index contributed by atoms with van der Waals surface area (Å²) in [5.41, 5.74) is 0. The molecule has 1 heterocycles. The van der Waals surface area contributed by atoms with Crippen molar-refractivity contribution >= 4 is 22.6 Å². The first-order valence-electron chi connectivity index (χ1n) is 12.8. The van der Waals surface area contributed by atoms with Crippen LogP contribution in [-0.2, 0) is 14.2 Å². The highest BCUT2D eigenvalue weighted by Crippen LogP contribution is 2.19. The average Bonchev–Trinajstić information content (AvgIpc) is 3.18. The average molecular weight is 525 g/mol. The van der Waals surface area contributed by atoms with E-state index in [4.69, 9.17) is 14.2 Å². The van der Waals surface area contributed by atoms with Crippen LogP contribution in [0.2, 0.25) is 0 Å². The van der Waals surface area contributed by atoms with Gasteiger partial charge in [-0.3, -0.25) is 0 Å². The second-order valence-electron chi connectivity index (χ2n) is 8.73. The van der Waals surface area contributed by atoms with Crippen molar-refractivity contribution < 1.29 is 14.2 Å². The van der Waals surface area contributed by atoms with Crippen LogP contribution >= 0.6 is 22.6 Å². The number of alkyl halides is 1. The minimum Gasteiger partial charge on any atom is -0.379 e. The predicted molar refractivity (Wildman–Crippen MR) is 133 cm³/mol. The highest BCUT2D eigenvalue weighted by molar-refractivity contribution is 14.1. The topological polar surface area (TPSA) is 27.7 Å². The maximum Gasteiger partial charge on any atom is 0.158 e. The monoisotopic (exact) mass is 524 g/mol. The zero-order chi connectivity index (χ0) is 20.8. The summed E-state index contributed by atoms with van der Waals surface area (Å²) in [5.74, 6) is 0. The summed E-state index contributed by atoms with van der Waals surface area (Å²) in [6.45, 7) is 4.54. The molecule has 1 fully saturated rings. The second kappa shape index (κ2) is 21.8. The van der Waals surface area contributed by atoms with Crippen LogP contribution in [0.4, 0.5) is 0 Å². The van der Waals surface area contributed by atoms with Crippen molar-refractivity contribution in [1.82, 2.24) is 0 Å². The normalized spacial score (nSPS) is 19.2. The molecule has 1 saturated heterocycles. The number of hydrogen-bond donors (Lipinski definition) is 0. The van der Waals surface area contributed by atoms with Gasteiger partial charge < -0.3 is 14.2 Å². The van der Waals surface area contributed by atoms with Crippen molar-refractivity contribution in [3.8, 4) is 0 Å². The van der Waals surface area contributed by atoms with Gasteiger partial charge in [0.2, 0.25) is 0 Å². The molecule has 0 N–H and O–H groups in total. The van der Waals surface area contributed by atoms with Crippen LogP contribution in [0.25, 0.3) is 0 Å². The number of ether oxygens (including phenoxy) is 3. The van der Waals surface area contributed by atoms with Gasteiger partial charge in [-0.2, -0.15) is 0 Å². The lowest BCUT2D eigenvalue weighted by atomic mass is 10.0. The van der Waals surface area contributed by atoms with Crippen molar-refractivity contribution in [1.29, 1.82) is 0 Å². The first kappa shape index (κ1) is 27.6. The Labute approximate surface area is 195 Å². The van der Waals surface area contributed by atoms with E-state index in [0.29, 0.717) is 13.2 Å². The van der Waals surface area contributed by atoms with Gasteiger partial charge in [0.25, 0.3) is 0 Å². The van der Waals surface area contributed by atoms with Gasteiger partial charge in [0.15, 0.2) is 6.29 Å². The molecule has 29 heavy (non-hydrogen) atoms. The third kappa shape index (κ3) is 17.9. The third-order valence-electron chi connectivity index (χ3n) is 5.83. The van der Waals surface area contributed by atoms with Gasteiger partial charge in [-0.1, -0.05) is 119 Å². The van der Waals surface area contributed by atoms with E-state index in [1.807, 2.05) is 0 Å². The Hall–Kier alpha value is 0.610. The van der Waals surface area contributed by atoms with Crippen molar-refractivity contribution in [3.05, 3.63) is 0 Å². The lowest BCUT2D eigenvalue weighted by molar-refractivity contribution is -0.0760. The van der Waals surface area contributed by atoms with Crippen molar-refractivity contribution in [3.63, 3.8) is 0 Å². The van der Waals surface area contributed by atoms with Crippen LogP contribution in [0.3, 0.4) is 0 Å². The molecule has 2 unspecified atom stereocenters. The van der Waals surface area contributed by atoms with Gasteiger partial charge in [-0.05, 0) is 30.1 Å². The smallest absolute Gasteiger partial charge is 0.158 e. The molecule has 1 aliphatic heterocycles. The summed E-state index contributed by atoms with van der Waals surface area (Å²) in [6.07, 6.45) is 24.7. The molecule has 0 aromatic carbocycles. The molecule has 0 aromatic heterocycles. The fourth-order valence-corrected chi connectivity index (χ4v) is 4.48. The molecule has 0 aliphatic carbocycles. The summed E-state index contributed by atoms with van der Waals surface area (Å²) in [4.78, 5) is 0. The van der Waals surface area contributed by atoms with Crippen LogP contribution in [-0.4, -0.2) is 36.6 Å². The van der Waals surface area contributed by atoms with Crippen LogP contribution in [0, 0.1) is 0 Å². The molecule has 0 spiro atoms. The fraction of sp³-hybridized carbons (Fsp3) is 1.00. The number of rotatable bonds is 22. The largest absolute Gasteiger partial charge is 0.379 e. The molecular formula is C25H49IO3. The predicted octanol–water partition coefficient (Wildman–Crippen LogP) is 8.22. The van der Waals surface area contributed by atoms with E-state index in [1.54, 1.807) is 0 Å². The lowest BCUT2D eigenvalue weighted by Gasteiger charge is -2.11. The van der Waals surface area contributed by atoms with E-state index in [2.05, 4.69) is 29.5 Å². The fourth-order valence-electron chi connectivity index (χ4n) is 3.94. The van der Waals surface area contributed by atoms with Gasteiger partial charge in [-0.25, -0.2) is 0 Å². The van der Waals surface area contributed by atoms with E-state index < -0.39 is 0 Å². The molecule has 4 heteroatoms. The van der Waals surface area contributed by atoms with Gasteiger partial charge >= 0.3 is 0 Å². The molecule has 2 atom stereocenters. The summed E-state index contributed by atoms with van der Waals surface area (Å²) in [7, 11) is 0. The van der Waals surface area contributed by atoms with E-state index in [-0.39, 0.29) is 12.4 Å². The Morgan fingerprint density at radius 2 is 1.28 bits per heavy atom. The maximum atomic E-state index is 5.94. The SMILES string of the molecule is CCCCCCCCCCCCCCCCCC1OCC(COCCCCI)O1. The third-order valence-corrected chi connectivity index (χ3v) is 6.59. The van der Waals surface area contributed by atoms with Gasteiger partial charge in [0.05, 0.1) is 13.2 Å². The number of halogens is 1. The molecule has 0 amide bonds. The summed E-state index contributed by atoms with van der Waals surface area (Å²) < 4.78 is 18.6. The van der Waals surface area contributed by atoms with Crippen LogP contribution in [0.15, 0.2) is 0 Å². The molecule has 0 saturated carbocycles. The zero-order valence-electron chi connectivity index (χ0n) is 19.3. The van der Waals surface area contributed by atoms with Crippen LogP contribution in [0.1, 0.15) is 122 Å². The molecule has 0 radical (unpaired) electrons. The minimum absolute atomic E-state index is 0.0138. The standard InChI is InChI=1S/C25H49IO3/c1-2-3-4-5-6-7-8-9-10-11-12-13-14-15-16-19-25-28-23-24(29-25)22-27-21-18-17-20-26/h24-25H,2-23H2,1H3. The molecule has 0 aromatic rings. The highest BCUT2D eigenvalue weighted by atomic mass is 127. The molecule has 3 nitrogen and oxygen atoms in total. The van der Waals surface area contributed by atoms with E-state index in [9.17, 15) is 0 Å². The van der Waals surface area contributed by atoms with E-state index in [1.165, 1.54) is 107 Å². The Bertz CT molecular complexity index is 327. The zero-order valence-corrected chi connectivity index (χ0v) is 21.5. The van der Waals surface area contributed by atoms with Crippen LogP contribution < -0.4 is 0 Å². The van der Waals surface area contributed by atoms with Gasteiger partial charge in [-0.15, -0.1) is 0 Å². The summed E-state index contributed by atoms with van der Waals surface area (Å²) >= 11 is 2.41. The maximum absolute atomic E-state index is 5.94. The number of unbranched alkanes of at least 4 members (excludes halogenated alkanes) is 15. The van der Waals surface area contributed by atoms with Crippen LogP contribution in [0.5, 0.6) is 0 Å². The van der Waals surface area contributed by atoms with Crippen molar-refractivity contribution in [2.24, 2.45) is 0 Å². The molecule has 0 bridgehead atoms. The Morgan fingerprint density at radius 3 is 1.83 bits per heavy atom. The lowest BCUT2D eigenvalue weighted by Crippen LogP contribution is -2.19. The van der Waals surface area contributed by atoms with Gasteiger partial charge in [0.1, 0.15) is 6.10 Å². The Kier molecular flexibility index (Phi) is 20.8. The minimum atomic E-state index is 0.0138. The summed E-state index contributed by atoms with van der Waals surface area (Å²) in [5, 5.41) is 0. The Balaban J connectivity index is 1.75. The molecule has 174 valence electrons. The second-order valence-corrected chi connectivity index (χ2v) is 9.81. The first-order valence-corrected chi connectivity index (χ1v) is 14.3. The quantitative estimate of drug-likeness (QED) is 0.0811. The molecule has 1 rings (SSSR count).